The van der Waals surface area contributed by atoms with E-state index < -0.39 is 10.0 Å². The summed E-state index contributed by atoms with van der Waals surface area (Å²) < 4.78 is 43.6. The minimum Gasteiger partial charge on any atom is -0.482 e. The molecule has 11 heteroatoms. The molecule has 0 radical (unpaired) electrons. The van der Waals surface area contributed by atoms with Gasteiger partial charge in [-0.05, 0) is 30.3 Å². The first-order chi connectivity index (χ1) is 14.0. The molecule has 9 nitrogen and oxygen atoms in total. The third-order valence-corrected chi connectivity index (χ3v) is 6.51. The van der Waals surface area contributed by atoms with Crippen molar-refractivity contribution < 1.29 is 27.4 Å². The molecular formula is C18H13N3O6S2. The van der Waals surface area contributed by atoms with E-state index in [9.17, 15) is 13.2 Å². The molecule has 2 aliphatic rings. The third kappa shape index (κ3) is 3.34. The first-order valence-corrected chi connectivity index (χ1v) is 10.8. The third-order valence-electron chi connectivity index (χ3n) is 4.29. The number of thiazole rings is 1. The van der Waals surface area contributed by atoms with E-state index in [-0.39, 0.29) is 29.3 Å². The van der Waals surface area contributed by atoms with E-state index in [0.717, 1.165) is 16.9 Å². The number of aromatic nitrogens is 1. The molecular weight excluding hydrogens is 418 g/mol. The van der Waals surface area contributed by atoms with Crippen molar-refractivity contribution in [1.29, 1.82) is 0 Å². The van der Waals surface area contributed by atoms with E-state index in [2.05, 4.69) is 15.0 Å². The van der Waals surface area contributed by atoms with Crippen LogP contribution >= 0.6 is 11.3 Å². The van der Waals surface area contributed by atoms with Gasteiger partial charge in [0.15, 0.2) is 23.2 Å². The first-order valence-electron chi connectivity index (χ1n) is 8.43. The molecule has 0 spiro atoms. The summed E-state index contributed by atoms with van der Waals surface area (Å²) in [6.07, 6.45) is 0. The molecule has 2 aromatic carbocycles. The number of benzene rings is 2. The summed E-state index contributed by atoms with van der Waals surface area (Å²) in [4.78, 5) is 15.9. The summed E-state index contributed by atoms with van der Waals surface area (Å²) in [5.74, 6) is 1.23. The minimum atomic E-state index is -3.84. The highest BCUT2D eigenvalue weighted by Gasteiger charge is 2.22. The Hall–Kier alpha value is -3.31. The summed E-state index contributed by atoms with van der Waals surface area (Å²) in [7, 11) is -3.84. The van der Waals surface area contributed by atoms with Gasteiger partial charge in [0.2, 0.25) is 6.79 Å². The maximum absolute atomic E-state index is 12.7. The van der Waals surface area contributed by atoms with Crippen LogP contribution in [0.15, 0.2) is 46.7 Å². The Morgan fingerprint density at radius 2 is 1.86 bits per heavy atom. The van der Waals surface area contributed by atoms with E-state index in [1.54, 1.807) is 29.6 Å². The summed E-state index contributed by atoms with van der Waals surface area (Å²) in [6, 6.07) is 9.66. The second-order valence-electron chi connectivity index (χ2n) is 6.21. The van der Waals surface area contributed by atoms with Crippen molar-refractivity contribution >= 4 is 38.1 Å². The van der Waals surface area contributed by atoms with Gasteiger partial charge in [-0.1, -0.05) is 0 Å². The topological polar surface area (TPSA) is 116 Å². The lowest BCUT2D eigenvalue weighted by molar-refractivity contribution is -0.118. The van der Waals surface area contributed by atoms with E-state index >= 15 is 0 Å². The Morgan fingerprint density at radius 1 is 1.03 bits per heavy atom. The first kappa shape index (κ1) is 17.8. The molecule has 0 saturated carbocycles. The zero-order valence-corrected chi connectivity index (χ0v) is 16.3. The Bertz CT molecular complexity index is 1240. The van der Waals surface area contributed by atoms with E-state index in [4.69, 9.17) is 14.2 Å². The summed E-state index contributed by atoms with van der Waals surface area (Å²) >= 11 is 1.15. The number of anilines is 2. The quantitative estimate of drug-likeness (QED) is 0.652. The van der Waals surface area contributed by atoms with E-state index in [1.807, 2.05) is 0 Å². The van der Waals surface area contributed by atoms with Crippen molar-refractivity contribution in [2.45, 2.75) is 4.90 Å². The summed E-state index contributed by atoms with van der Waals surface area (Å²) in [5.41, 5.74) is 1.84. The fourth-order valence-electron chi connectivity index (χ4n) is 2.91. The van der Waals surface area contributed by atoms with Crippen LogP contribution in [-0.4, -0.2) is 32.7 Å². The molecule has 2 N–H and O–H groups in total. The number of nitrogens with zero attached hydrogens (tertiary/aromatic N) is 1. The van der Waals surface area contributed by atoms with Crippen LogP contribution in [-0.2, 0) is 14.8 Å². The highest BCUT2D eigenvalue weighted by atomic mass is 32.2. The second-order valence-corrected chi connectivity index (χ2v) is 8.75. The van der Waals surface area contributed by atoms with Crippen LogP contribution in [0.1, 0.15) is 0 Å². The van der Waals surface area contributed by atoms with E-state index in [0.29, 0.717) is 28.6 Å². The number of nitrogens with one attached hydrogen (secondary N) is 2. The maximum atomic E-state index is 12.7. The number of sulfonamides is 1. The number of ether oxygens (including phenoxy) is 3. The lowest BCUT2D eigenvalue weighted by Crippen LogP contribution is -2.25. The average Bonchev–Trinajstić information content (AvgIpc) is 3.35. The number of rotatable bonds is 4. The van der Waals surface area contributed by atoms with Gasteiger partial charge in [-0.3, -0.25) is 9.52 Å². The molecule has 0 bridgehead atoms. The summed E-state index contributed by atoms with van der Waals surface area (Å²) in [5, 5.41) is 4.68. The Kier molecular flexibility index (Phi) is 4.07. The minimum absolute atomic E-state index is 0.0190. The van der Waals surface area contributed by atoms with Crippen molar-refractivity contribution in [2.24, 2.45) is 0 Å². The summed E-state index contributed by atoms with van der Waals surface area (Å²) in [6.45, 7) is 0.0449. The number of carbonyl (C=O) groups is 1. The zero-order chi connectivity index (χ0) is 20.0. The van der Waals surface area contributed by atoms with Gasteiger partial charge in [-0.2, -0.15) is 0 Å². The molecule has 3 heterocycles. The van der Waals surface area contributed by atoms with Crippen LogP contribution in [0.2, 0.25) is 0 Å². The highest BCUT2D eigenvalue weighted by Crippen LogP contribution is 2.36. The fraction of sp³-hybridized carbons (Fsp3) is 0.111. The van der Waals surface area contributed by atoms with E-state index in [1.165, 1.54) is 12.1 Å². The van der Waals surface area contributed by atoms with Crippen LogP contribution < -0.4 is 24.2 Å². The van der Waals surface area contributed by atoms with Crippen LogP contribution in [0.25, 0.3) is 11.3 Å². The molecule has 29 heavy (non-hydrogen) atoms. The molecule has 0 unspecified atom stereocenters. The van der Waals surface area contributed by atoms with Gasteiger partial charge in [-0.25, -0.2) is 13.4 Å². The largest absolute Gasteiger partial charge is 0.482 e. The zero-order valence-electron chi connectivity index (χ0n) is 14.7. The molecule has 0 atom stereocenters. The van der Waals surface area contributed by atoms with Gasteiger partial charge in [0.05, 0.1) is 16.3 Å². The number of fused-ring (bicyclic) bond motifs is 2. The van der Waals surface area contributed by atoms with Crippen LogP contribution in [0.4, 0.5) is 10.8 Å². The van der Waals surface area contributed by atoms with Crippen molar-refractivity contribution in [1.82, 2.24) is 4.98 Å². The number of hydrogen-bond donors (Lipinski definition) is 2. The molecule has 148 valence electrons. The van der Waals surface area contributed by atoms with Crippen LogP contribution in [0, 0.1) is 0 Å². The number of amides is 1. The fourth-order valence-corrected chi connectivity index (χ4v) is 4.90. The van der Waals surface area contributed by atoms with Gasteiger partial charge in [0.25, 0.3) is 15.9 Å². The van der Waals surface area contributed by atoms with Gasteiger partial charge in [0, 0.05) is 17.0 Å². The Morgan fingerprint density at radius 3 is 2.76 bits per heavy atom. The molecule has 1 amide bonds. The molecule has 5 rings (SSSR count). The molecule has 2 aliphatic heterocycles. The average molecular weight is 431 g/mol. The standard InChI is InChI=1S/C18H13N3O6S2/c22-17-7-25-14-3-1-10(5-12(14)19-17)13-8-28-18(20-13)21-29(23,24)11-2-4-15-16(6-11)27-9-26-15/h1-6,8H,7,9H2,(H,19,22)(H,20,21). The smallest absolute Gasteiger partial charge is 0.263 e. The second kappa shape index (κ2) is 6.64. The predicted molar refractivity (Wildman–Crippen MR) is 105 cm³/mol. The van der Waals surface area contributed by atoms with Crippen LogP contribution in [0.5, 0.6) is 17.2 Å². The Balaban J connectivity index is 1.39. The van der Waals surface area contributed by atoms with Gasteiger partial charge in [0.1, 0.15) is 5.75 Å². The van der Waals surface area contributed by atoms with Gasteiger partial charge in [-0.15, -0.1) is 11.3 Å². The molecule has 0 saturated heterocycles. The van der Waals surface area contributed by atoms with Crippen molar-refractivity contribution in [2.75, 3.05) is 23.4 Å². The number of carbonyl (C=O) groups excluding carboxylic acids is 1. The lowest BCUT2D eigenvalue weighted by atomic mass is 10.1. The number of hydrogen-bond acceptors (Lipinski definition) is 8. The molecule has 0 fully saturated rings. The van der Waals surface area contributed by atoms with Gasteiger partial charge >= 0.3 is 0 Å². The molecule has 3 aromatic rings. The van der Waals surface area contributed by atoms with Crippen molar-refractivity contribution in [3.05, 3.63) is 41.8 Å². The molecule has 0 aliphatic carbocycles. The van der Waals surface area contributed by atoms with Crippen molar-refractivity contribution in [3.63, 3.8) is 0 Å². The van der Waals surface area contributed by atoms with Crippen molar-refractivity contribution in [3.8, 4) is 28.5 Å². The Labute approximate surface area is 169 Å². The maximum Gasteiger partial charge on any atom is 0.263 e. The van der Waals surface area contributed by atoms with Gasteiger partial charge < -0.3 is 19.5 Å². The SMILES string of the molecule is O=C1COc2ccc(-c3csc(NS(=O)(=O)c4ccc5c(c4)OCO5)n3)cc2N1. The lowest BCUT2D eigenvalue weighted by Gasteiger charge is -2.18. The predicted octanol–water partition coefficient (Wildman–Crippen LogP) is 2.67. The normalized spacial score (nSPS) is 14.7. The van der Waals surface area contributed by atoms with Crippen LogP contribution in [0.3, 0.4) is 0 Å². The highest BCUT2D eigenvalue weighted by molar-refractivity contribution is 7.93. The molecule has 1 aromatic heterocycles. The monoisotopic (exact) mass is 431 g/mol.